The zero-order valence-corrected chi connectivity index (χ0v) is 14.3. The van der Waals surface area contributed by atoms with Gasteiger partial charge in [-0.15, -0.1) is 0 Å². The average molecular weight is 325 g/mol. The molecule has 1 aliphatic heterocycles. The highest BCUT2D eigenvalue weighted by Crippen LogP contribution is 2.45. The SMILES string of the molecule is C[C@H]1N(C)c2cccc(C#N)c2N1c1ccc(-c2ccccc2)cc1. The van der Waals surface area contributed by atoms with Gasteiger partial charge in [-0.3, -0.25) is 0 Å². The van der Waals surface area contributed by atoms with Gasteiger partial charge < -0.3 is 9.80 Å². The lowest BCUT2D eigenvalue weighted by atomic mass is 10.0. The summed E-state index contributed by atoms with van der Waals surface area (Å²) < 4.78 is 0. The average Bonchev–Trinajstić information content (AvgIpc) is 2.93. The van der Waals surface area contributed by atoms with Crippen LogP contribution >= 0.6 is 0 Å². The Morgan fingerprint density at radius 3 is 2.20 bits per heavy atom. The Balaban J connectivity index is 1.77. The molecule has 0 saturated heterocycles. The van der Waals surface area contributed by atoms with E-state index in [1.165, 1.54) is 11.1 Å². The van der Waals surface area contributed by atoms with E-state index < -0.39 is 0 Å². The summed E-state index contributed by atoms with van der Waals surface area (Å²) in [6.45, 7) is 2.16. The van der Waals surface area contributed by atoms with Gasteiger partial charge in [0.05, 0.1) is 16.9 Å². The van der Waals surface area contributed by atoms with Crippen LogP contribution in [-0.4, -0.2) is 13.2 Å². The molecule has 0 spiro atoms. The van der Waals surface area contributed by atoms with E-state index >= 15 is 0 Å². The standard InChI is InChI=1S/C22H19N3/c1-16-24(2)21-10-6-9-19(15-23)22(21)25(16)20-13-11-18(12-14-20)17-7-4-3-5-8-17/h3-14,16H,1-2H3/t16-/m0/s1. The van der Waals surface area contributed by atoms with Crippen molar-refractivity contribution in [3.63, 3.8) is 0 Å². The number of benzene rings is 3. The van der Waals surface area contributed by atoms with Crippen LogP contribution in [0, 0.1) is 11.3 Å². The predicted octanol–water partition coefficient (Wildman–Crippen LogP) is 5.16. The van der Waals surface area contributed by atoms with Crippen LogP contribution in [0.2, 0.25) is 0 Å². The minimum atomic E-state index is 0.159. The smallest absolute Gasteiger partial charge is 0.103 e. The van der Waals surface area contributed by atoms with Crippen molar-refractivity contribution in [2.75, 3.05) is 16.8 Å². The van der Waals surface area contributed by atoms with Gasteiger partial charge in [-0.05, 0) is 42.3 Å². The summed E-state index contributed by atoms with van der Waals surface area (Å²) >= 11 is 0. The number of nitrogens with zero attached hydrogens (tertiary/aromatic N) is 3. The highest BCUT2D eigenvalue weighted by atomic mass is 15.4. The van der Waals surface area contributed by atoms with Crippen LogP contribution in [-0.2, 0) is 0 Å². The molecule has 3 aromatic carbocycles. The Kier molecular flexibility index (Phi) is 3.66. The van der Waals surface area contributed by atoms with Crippen LogP contribution in [0.25, 0.3) is 11.1 Å². The van der Waals surface area contributed by atoms with Gasteiger partial charge in [-0.2, -0.15) is 5.26 Å². The van der Waals surface area contributed by atoms with Gasteiger partial charge in [0, 0.05) is 12.7 Å². The predicted molar refractivity (Wildman–Crippen MR) is 103 cm³/mol. The Labute approximate surface area is 148 Å². The molecule has 3 heteroatoms. The molecule has 0 fully saturated rings. The third-order valence-corrected chi connectivity index (χ3v) is 4.94. The summed E-state index contributed by atoms with van der Waals surface area (Å²) in [5, 5.41) is 9.54. The van der Waals surface area contributed by atoms with Crippen molar-refractivity contribution in [3.8, 4) is 17.2 Å². The quantitative estimate of drug-likeness (QED) is 0.652. The molecule has 0 saturated carbocycles. The second-order valence-electron chi connectivity index (χ2n) is 6.31. The van der Waals surface area contributed by atoms with Crippen LogP contribution in [0.4, 0.5) is 17.1 Å². The monoisotopic (exact) mass is 325 g/mol. The first-order chi connectivity index (χ1) is 12.2. The van der Waals surface area contributed by atoms with E-state index in [2.05, 4.69) is 84.4 Å². The van der Waals surface area contributed by atoms with Crippen molar-refractivity contribution in [1.29, 1.82) is 5.26 Å². The molecule has 0 radical (unpaired) electrons. The molecule has 1 heterocycles. The maximum atomic E-state index is 9.54. The van der Waals surface area contributed by atoms with Gasteiger partial charge >= 0.3 is 0 Å². The van der Waals surface area contributed by atoms with Crippen molar-refractivity contribution in [3.05, 3.63) is 78.4 Å². The molecule has 25 heavy (non-hydrogen) atoms. The largest absolute Gasteiger partial charge is 0.352 e. The van der Waals surface area contributed by atoms with Crippen molar-refractivity contribution >= 4 is 17.1 Å². The van der Waals surface area contributed by atoms with Gasteiger partial charge in [-0.1, -0.05) is 48.5 Å². The fourth-order valence-corrected chi connectivity index (χ4v) is 3.51. The van der Waals surface area contributed by atoms with Gasteiger partial charge in [0.15, 0.2) is 0 Å². The minimum absolute atomic E-state index is 0.159. The Morgan fingerprint density at radius 2 is 1.52 bits per heavy atom. The fourth-order valence-electron chi connectivity index (χ4n) is 3.51. The van der Waals surface area contributed by atoms with Crippen molar-refractivity contribution in [2.24, 2.45) is 0 Å². The first-order valence-electron chi connectivity index (χ1n) is 8.41. The molecule has 3 aromatic rings. The number of hydrogen-bond donors (Lipinski definition) is 0. The summed E-state index contributed by atoms with van der Waals surface area (Å²) in [7, 11) is 2.07. The number of para-hydroxylation sites is 1. The molecule has 122 valence electrons. The lowest BCUT2D eigenvalue weighted by Crippen LogP contribution is -2.35. The van der Waals surface area contributed by atoms with Crippen LogP contribution in [0.3, 0.4) is 0 Å². The molecule has 0 bridgehead atoms. The van der Waals surface area contributed by atoms with E-state index in [4.69, 9.17) is 0 Å². The maximum absolute atomic E-state index is 9.54. The molecule has 0 unspecified atom stereocenters. The third-order valence-electron chi connectivity index (χ3n) is 4.94. The topological polar surface area (TPSA) is 30.3 Å². The second kappa shape index (κ2) is 5.99. The molecule has 1 atom stereocenters. The van der Waals surface area contributed by atoms with E-state index in [1.807, 2.05) is 18.2 Å². The number of fused-ring (bicyclic) bond motifs is 1. The fraction of sp³-hybridized carbons (Fsp3) is 0.136. The van der Waals surface area contributed by atoms with E-state index in [1.54, 1.807) is 0 Å². The van der Waals surface area contributed by atoms with E-state index in [0.717, 1.165) is 17.1 Å². The van der Waals surface area contributed by atoms with Crippen molar-refractivity contribution < 1.29 is 0 Å². The third kappa shape index (κ3) is 2.43. The summed E-state index contributed by atoms with van der Waals surface area (Å²) in [5.74, 6) is 0. The van der Waals surface area contributed by atoms with Crippen LogP contribution in [0.5, 0.6) is 0 Å². The molecule has 3 nitrogen and oxygen atoms in total. The zero-order valence-electron chi connectivity index (χ0n) is 14.3. The van der Waals surface area contributed by atoms with E-state index in [9.17, 15) is 5.26 Å². The molecule has 0 amide bonds. The molecule has 1 aliphatic rings. The number of anilines is 3. The Bertz CT molecular complexity index is 939. The number of nitriles is 1. The Morgan fingerprint density at radius 1 is 0.840 bits per heavy atom. The van der Waals surface area contributed by atoms with Crippen LogP contribution < -0.4 is 9.80 Å². The summed E-state index contributed by atoms with van der Waals surface area (Å²) in [4.78, 5) is 4.45. The van der Waals surface area contributed by atoms with E-state index in [-0.39, 0.29) is 6.17 Å². The van der Waals surface area contributed by atoms with Gasteiger partial charge in [0.2, 0.25) is 0 Å². The molecule has 4 rings (SSSR count). The second-order valence-corrected chi connectivity index (χ2v) is 6.31. The normalized spacial score (nSPS) is 15.8. The van der Waals surface area contributed by atoms with Crippen LogP contribution in [0.1, 0.15) is 12.5 Å². The highest BCUT2D eigenvalue weighted by Gasteiger charge is 2.33. The molecule has 0 aliphatic carbocycles. The Hall–Kier alpha value is -3.25. The molecular formula is C22H19N3. The van der Waals surface area contributed by atoms with Gasteiger partial charge in [-0.25, -0.2) is 0 Å². The summed E-state index contributed by atoms with van der Waals surface area (Å²) in [5.41, 5.74) is 6.30. The molecule has 0 N–H and O–H groups in total. The lowest BCUT2D eigenvalue weighted by Gasteiger charge is -2.28. The summed E-state index contributed by atoms with van der Waals surface area (Å²) in [6.07, 6.45) is 0.159. The number of hydrogen-bond acceptors (Lipinski definition) is 3. The first-order valence-corrected chi connectivity index (χ1v) is 8.41. The highest BCUT2D eigenvalue weighted by molar-refractivity contribution is 5.87. The van der Waals surface area contributed by atoms with Gasteiger partial charge in [0.25, 0.3) is 0 Å². The van der Waals surface area contributed by atoms with E-state index in [0.29, 0.717) is 5.56 Å². The molecular weight excluding hydrogens is 306 g/mol. The maximum Gasteiger partial charge on any atom is 0.103 e. The lowest BCUT2D eigenvalue weighted by molar-refractivity contribution is 0.734. The van der Waals surface area contributed by atoms with Gasteiger partial charge in [0.1, 0.15) is 12.2 Å². The first kappa shape index (κ1) is 15.3. The van der Waals surface area contributed by atoms with Crippen molar-refractivity contribution in [2.45, 2.75) is 13.1 Å². The molecule has 0 aromatic heterocycles. The number of rotatable bonds is 2. The minimum Gasteiger partial charge on any atom is -0.352 e. The zero-order chi connectivity index (χ0) is 17.4. The van der Waals surface area contributed by atoms with Crippen LogP contribution in [0.15, 0.2) is 72.8 Å². The summed E-state index contributed by atoms with van der Waals surface area (Å²) in [6, 6.07) is 27.2. The van der Waals surface area contributed by atoms with Crippen molar-refractivity contribution in [1.82, 2.24) is 0 Å².